The predicted octanol–water partition coefficient (Wildman–Crippen LogP) is 4.10. The van der Waals surface area contributed by atoms with Crippen LogP contribution in [0.15, 0.2) is 28.0 Å². The van der Waals surface area contributed by atoms with Gasteiger partial charge in [0.05, 0.1) is 10.5 Å². The van der Waals surface area contributed by atoms with E-state index in [1.807, 2.05) is 39.1 Å². The zero-order valence-electron chi connectivity index (χ0n) is 18.6. The normalized spacial score (nSPS) is 23.8. The fourth-order valence-electron chi connectivity index (χ4n) is 4.64. The molecule has 2 aromatic rings. The lowest BCUT2D eigenvalue weighted by molar-refractivity contribution is -0.122. The van der Waals surface area contributed by atoms with Gasteiger partial charge in [-0.05, 0) is 56.2 Å². The summed E-state index contributed by atoms with van der Waals surface area (Å²) in [4.78, 5) is 36.0. The van der Waals surface area contributed by atoms with Crippen molar-refractivity contribution in [2.24, 2.45) is 11.8 Å². The molecule has 0 aromatic carbocycles. The van der Waals surface area contributed by atoms with Crippen LogP contribution < -0.4 is 10.5 Å². The van der Waals surface area contributed by atoms with Crippen LogP contribution in [0, 0.1) is 18.8 Å². The molecule has 164 valence electrons. The van der Waals surface area contributed by atoms with E-state index in [2.05, 4.69) is 18.7 Å². The summed E-state index contributed by atoms with van der Waals surface area (Å²) < 4.78 is 2.13. The van der Waals surface area contributed by atoms with Gasteiger partial charge >= 0.3 is 0 Å². The number of amides is 1. The Kier molecular flexibility index (Phi) is 5.96. The van der Waals surface area contributed by atoms with Crippen LogP contribution >= 0.6 is 24.0 Å². The second-order valence-corrected chi connectivity index (χ2v) is 10.4. The van der Waals surface area contributed by atoms with Crippen molar-refractivity contribution in [2.75, 3.05) is 24.5 Å². The molecule has 0 bridgehead atoms. The van der Waals surface area contributed by atoms with Gasteiger partial charge in [-0.2, -0.15) is 0 Å². The lowest BCUT2D eigenvalue weighted by atomic mass is 9.91. The Labute approximate surface area is 192 Å². The van der Waals surface area contributed by atoms with Gasteiger partial charge in [0, 0.05) is 25.8 Å². The van der Waals surface area contributed by atoms with E-state index in [0.717, 1.165) is 25.1 Å². The van der Waals surface area contributed by atoms with Crippen LogP contribution in [0.4, 0.5) is 5.82 Å². The molecular formula is C23H28N4O2S2. The predicted molar refractivity (Wildman–Crippen MR) is 132 cm³/mol. The van der Waals surface area contributed by atoms with Crippen LogP contribution in [0.5, 0.6) is 0 Å². The number of nitrogens with zero attached hydrogens (tertiary/aromatic N) is 4. The molecule has 1 amide bonds. The first kappa shape index (κ1) is 22.0. The van der Waals surface area contributed by atoms with E-state index in [1.54, 1.807) is 9.30 Å². The summed E-state index contributed by atoms with van der Waals surface area (Å²) in [7, 11) is 0. The largest absolute Gasteiger partial charge is 0.355 e. The van der Waals surface area contributed by atoms with Gasteiger partial charge in [0.15, 0.2) is 0 Å². The maximum absolute atomic E-state index is 13.7. The van der Waals surface area contributed by atoms with Crippen molar-refractivity contribution < 1.29 is 4.79 Å². The van der Waals surface area contributed by atoms with Crippen molar-refractivity contribution in [1.29, 1.82) is 0 Å². The number of hydrogen-bond acceptors (Lipinski definition) is 6. The third-order valence-corrected chi connectivity index (χ3v) is 7.55. The number of rotatable bonds is 3. The van der Waals surface area contributed by atoms with Crippen molar-refractivity contribution in [3.05, 3.63) is 44.7 Å². The molecule has 2 aromatic heterocycles. The summed E-state index contributed by atoms with van der Waals surface area (Å²) in [6.07, 6.45) is 2.97. The van der Waals surface area contributed by atoms with Gasteiger partial charge in [-0.15, -0.1) is 0 Å². The molecule has 2 aliphatic rings. The summed E-state index contributed by atoms with van der Waals surface area (Å²) in [5, 5.41) is 0. The quantitative estimate of drug-likeness (QED) is 0.512. The number of piperidine rings is 1. The molecule has 2 aliphatic heterocycles. The molecule has 31 heavy (non-hydrogen) atoms. The van der Waals surface area contributed by atoms with E-state index >= 15 is 0 Å². The number of pyridine rings is 1. The summed E-state index contributed by atoms with van der Waals surface area (Å²) in [6.45, 7) is 12.4. The minimum Gasteiger partial charge on any atom is -0.355 e. The number of carbonyl (C=O) groups excluding carboxylic acids is 1. The molecule has 2 saturated heterocycles. The van der Waals surface area contributed by atoms with Gasteiger partial charge in [0.25, 0.3) is 11.5 Å². The van der Waals surface area contributed by atoms with Crippen molar-refractivity contribution >= 4 is 51.2 Å². The SMILES string of the molecule is CCN1C(=O)/C(=C(/C)c2c(N3CC(C)CC(C)C3)nc3ccc(C)cn3c2=O)SC1=S. The number of thiocarbonyl (C=S) groups is 1. The van der Waals surface area contributed by atoms with Gasteiger partial charge in [-0.3, -0.25) is 18.9 Å². The van der Waals surface area contributed by atoms with E-state index in [4.69, 9.17) is 17.2 Å². The summed E-state index contributed by atoms with van der Waals surface area (Å²) in [6, 6.07) is 3.85. The average Bonchev–Trinajstić information content (AvgIpc) is 3.00. The molecule has 0 spiro atoms. The van der Waals surface area contributed by atoms with Crippen molar-refractivity contribution in [2.45, 2.75) is 41.0 Å². The van der Waals surface area contributed by atoms with Crippen LogP contribution in [0.1, 0.15) is 45.2 Å². The molecule has 4 rings (SSSR count). The average molecular weight is 457 g/mol. The van der Waals surface area contributed by atoms with Gasteiger partial charge in [-0.25, -0.2) is 4.98 Å². The molecule has 2 unspecified atom stereocenters. The fourth-order valence-corrected chi connectivity index (χ4v) is 6.05. The molecule has 2 fully saturated rings. The maximum Gasteiger partial charge on any atom is 0.267 e. The molecule has 0 aliphatic carbocycles. The Hall–Kier alpha value is -2.19. The lowest BCUT2D eigenvalue weighted by Gasteiger charge is -2.36. The number of anilines is 1. The van der Waals surface area contributed by atoms with E-state index in [1.165, 1.54) is 11.8 Å². The number of thioether (sulfide) groups is 1. The second kappa shape index (κ2) is 8.39. The summed E-state index contributed by atoms with van der Waals surface area (Å²) in [5.74, 6) is 1.56. The molecule has 0 saturated carbocycles. The zero-order chi connectivity index (χ0) is 22.4. The van der Waals surface area contributed by atoms with Crippen LogP contribution in [0.2, 0.25) is 0 Å². The van der Waals surface area contributed by atoms with Gasteiger partial charge < -0.3 is 4.90 Å². The van der Waals surface area contributed by atoms with E-state index in [9.17, 15) is 9.59 Å². The zero-order valence-corrected chi connectivity index (χ0v) is 20.3. The second-order valence-electron chi connectivity index (χ2n) is 8.77. The number of aromatic nitrogens is 2. The van der Waals surface area contributed by atoms with Crippen LogP contribution in [0.25, 0.3) is 11.2 Å². The third-order valence-electron chi connectivity index (χ3n) is 6.00. The topological polar surface area (TPSA) is 57.9 Å². The van der Waals surface area contributed by atoms with Crippen LogP contribution in [-0.2, 0) is 4.79 Å². The standard InChI is InChI=1S/C23H28N4O2S2/c1-6-26-22(29)19(31-23(26)30)16(5)18-20(25-10-14(3)9-15(4)11-25)24-17-8-7-13(2)12-27(17)21(18)28/h7-8,12,14-15H,6,9-11H2,1-5H3/b19-16+. The molecule has 6 nitrogen and oxygen atoms in total. The molecule has 8 heteroatoms. The van der Waals surface area contributed by atoms with Gasteiger partial charge in [0.2, 0.25) is 0 Å². The number of likely N-dealkylation sites (N-methyl/N-ethyl adjacent to an activating group) is 1. The maximum atomic E-state index is 13.7. The van der Waals surface area contributed by atoms with E-state index < -0.39 is 0 Å². The highest BCUT2D eigenvalue weighted by molar-refractivity contribution is 8.26. The summed E-state index contributed by atoms with van der Waals surface area (Å²) in [5.41, 5.74) is 2.61. The van der Waals surface area contributed by atoms with Crippen molar-refractivity contribution in [3.8, 4) is 0 Å². The number of aryl methyl sites for hydroxylation is 1. The number of carbonyl (C=O) groups is 1. The van der Waals surface area contributed by atoms with E-state index in [-0.39, 0.29) is 11.5 Å². The number of hydrogen-bond donors (Lipinski definition) is 0. The first-order valence-corrected chi connectivity index (χ1v) is 12.0. The first-order chi connectivity index (χ1) is 14.7. The highest BCUT2D eigenvalue weighted by atomic mass is 32.2. The van der Waals surface area contributed by atoms with Crippen molar-refractivity contribution in [1.82, 2.24) is 14.3 Å². The van der Waals surface area contributed by atoms with Gasteiger partial charge in [-0.1, -0.05) is 43.9 Å². The Morgan fingerprint density at radius 3 is 2.52 bits per heavy atom. The van der Waals surface area contributed by atoms with Crippen molar-refractivity contribution in [3.63, 3.8) is 0 Å². The molecule has 0 radical (unpaired) electrons. The minimum absolute atomic E-state index is 0.130. The molecular weight excluding hydrogens is 428 g/mol. The van der Waals surface area contributed by atoms with Gasteiger partial charge in [0.1, 0.15) is 15.8 Å². The Balaban J connectivity index is 1.97. The minimum atomic E-state index is -0.145. The Morgan fingerprint density at radius 2 is 1.90 bits per heavy atom. The third kappa shape index (κ3) is 3.91. The Morgan fingerprint density at radius 1 is 1.23 bits per heavy atom. The Bertz CT molecular complexity index is 1160. The highest BCUT2D eigenvalue weighted by Crippen LogP contribution is 2.38. The molecule has 0 N–H and O–H groups in total. The first-order valence-electron chi connectivity index (χ1n) is 10.7. The monoisotopic (exact) mass is 456 g/mol. The summed E-state index contributed by atoms with van der Waals surface area (Å²) >= 11 is 6.68. The smallest absolute Gasteiger partial charge is 0.267 e. The van der Waals surface area contributed by atoms with Crippen LogP contribution in [-0.4, -0.2) is 44.1 Å². The van der Waals surface area contributed by atoms with Crippen LogP contribution in [0.3, 0.4) is 0 Å². The lowest BCUT2D eigenvalue weighted by Crippen LogP contribution is -2.41. The van der Waals surface area contributed by atoms with E-state index in [0.29, 0.717) is 50.2 Å². The number of fused-ring (bicyclic) bond motifs is 1. The fraction of sp³-hybridized carbons (Fsp3) is 0.478. The highest BCUT2D eigenvalue weighted by Gasteiger charge is 2.35. The number of allylic oxidation sites excluding steroid dienone is 1. The molecule has 4 heterocycles. The molecule has 2 atom stereocenters.